The summed E-state index contributed by atoms with van der Waals surface area (Å²) in [5, 5.41) is 0.670. The zero-order valence-electron chi connectivity index (χ0n) is 7.67. The molecular formula is C11H11ClO. The third-order valence-electron chi connectivity index (χ3n) is 1.65. The summed E-state index contributed by atoms with van der Waals surface area (Å²) in [4.78, 5) is 10.7. The van der Waals surface area contributed by atoms with Gasteiger partial charge in [-0.2, -0.15) is 0 Å². The monoisotopic (exact) mass is 194 g/mol. The van der Waals surface area contributed by atoms with Crippen LogP contribution in [0.3, 0.4) is 0 Å². The highest BCUT2D eigenvalue weighted by molar-refractivity contribution is 6.32. The first-order valence-corrected chi connectivity index (χ1v) is 4.42. The van der Waals surface area contributed by atoms with Gasteiger partial charge in [0.1, 0.15) is 0 Å². The van der Waals surface area contributed by atoms with E-state index in [1.165, 1.54) is 13.0 Å². The van der Waals surface area contributed by atoms with Crippen LogP contribution in [0.5, 0.6) is 0 Å². The molecule has 0 aliphatic heterocycles. The number of aryl methyl sites for hydroxylation is 1. The molecule has 0 radical (unpaired) electrons. The molecule has 0 unspecified atom stereocenters. The van der Waals surface area contributed by atoms with Gasteiger partial charge in [-0.05, 0) is 37.6 Å². The predicted octanol–water partition coefficient (Wildman–Crippen LogP) is 3.25. The summed E-state index contributed by atoms with van der Waals surface area (Å²) in [7, 11) is 0. The Labute approximate surface area is 83.0 Å². The van der Waals surface area contributed by atoms with Gasteiger partial charge in [-0.15, -0.1) is 0 Å². The van der Waals surface area contributed by atoms with Crippen molar-refractivity contribution in [3.8, 4) is 0 Å². The highest BCUT2D eigenvalue weighted by Crippen LogP contribution is 2.18. The fourth-order valence-corrected chi connectivity index (χ4v) is 1.18. The van der Waals surface area contributed by atoms with E-state index in [0.717, 1.165) is 11.1 Å². The maximum atomic E-state index is 10.7. The Kier molecular flexibility index (Phi) is 3.26. The van der Waals surface area contributed by atoms with E-state index in [0.29, 0.717) is 5.02 Å². The SMILES string of the molecule is CC(=O)/C=C/c1cc(C)ccc1Cl. The fourth-order valence-electron chi connectivity index (χ4n) is 0.998. The zero-order valence-corrected chi connectivity index (χ0v) is 8.43. The topological polar surface area (TPSA) is 17.1 Å². The minimum Gasteiger partial charge on any atom is -0.295 e. The number of carbonyl (C=O) groups excluding carboxylic acids is 1. The Balaban J connectivity index is 3.00. The number of carbonyl (C=O) groups is 1. The molecule has 0 amide bonds. The van der Waals surface area contributed by atoms with Gasteiger partial charge in [0.05, 0.1) is 0 Å². The average Bonchev–Trinajstić information content (AvgIpc) is 2.06. The van der Waals surface area contributed by atoms with Crippen LogP contribution in [0.4, 0.5) is 0 Å². The number of ketones is 1. The Morgan fingerprint density at radius 3 is 2.77 bits per heavy atom. The normalized spacial score (nSPS) is 10.7. The Hall–Kier alpha value is -1.08. The van der Waals surface area contributed by atoms with Crippen LogP contribution in [0.1, 0.15) is 18.1 Å². The summed E-state index contributed by atoms with van der Waals surface area (Å²) in [6, 6.07) is 5.71. The van der Waals surface area contributed by atoms with Crippen molar-refractivity contribution in [1.82, 2.24) is 0 Å². The third-order valence-corrected chi connectivity index (χ3v) is 1.99. The molecule has 0 aromatic heterocycles. The van der Waals surface area contributed by atoms with E-state index in [4.69, 9.17) is 11.6 Å². The molecule has 1 aromatic carbocycles. The quantitative estimate of drug-likeness (QED) is 0.661. The second-order valence-electron chi connectivity index (χ2n) is 2.97. The van der Waals surface area contributed by atoms with Crippen LogP contribution in [0.15, 0.2) is 24.3 Å². The van der Waals surface area contributed by atoms with Gasteiger partial charge in [0.15, 0.2) is 5.78 Å². The molecule has 0 atom stereocenters. The van der Waals surface area contributed by atoms with E-state index in [-0.39, 0.29) is 5.78 Å². The van der Waals surface area contributed by atoms with Crippen molar-refractivity contribution in [2.24, 2.45) is 0 Å². The van der Waals surface area contributed by atoms with Crippen LogP contribution in [0.2, 0.25) is 5.02 Å². The van der Waals surface area contributed by atoms with Crippen molar-refractivity contribution >= 4 is 23.5 Å². The Bertz CT molecular complexity index is 353. The Morgan fingerprint density at radius 2 is 2.15 bits per heavy atom. The number of rotatable bonds is 2. The molecule has 68 valence electrons. The molecule has 0 aliphatic carbocycles. The summed E-state index contributed by atoms with van der Waals surface area (Å²) in [5.74, 6) is 0.0255. The van der Waals surface area contributed by atoms with Crippen LogP contribution in [-0.2, 0) is 4.79 Å². The lowest BCUT2D eigenvalue weighted by molar-refractivity contribution is -0.112. The Morgan fingerprint density at radius 1 is 1.46 bits per heavy atom. The van der Waals surface area contributed by atoms with E-state index in [1.54, 1.807) is 6.08 Å². The number of benzene rings is 1. The van der Waals surface area contributed by atoms with Crippen LogP contribution in [-0.4, -0.2) is 5.78 Å². The van der Waals surface area contributed by atoms with Crippen LogP contribution >= 0.6 is 11.6 Å². The predicted molar refractivity (Wildman–Crippen MR) is 55.9 cm³/mol. The van der Waals surface area contributed by atoms with Crippen molar-refractivity contribution in [3.05, 3.63) is 40.4 Å². The van der Waals surface area contributed by atoms with E-state index >= 15 is 0 Å². The molecule has 0 spiro atoms. The maximum Gasteiger partial charge on any atom is 0.152 e. The molecule has 0 heterocycles. The molecule has 13 heavy (non-hydrogen) atoms. The summed E-state index contributed by atoms with van der Waals surface area (Å²) >= 11 is 5.92. The fraction of sp³-hybridized carbons (Fsp3) is 0.182. The third kappa shape index (κ3) is 3.03. The van der Waals surface area contributed by atoms with Crippen molar-refractivity contribution in [1.29, 1.82) is 0 Å². The number of allylic oxidation sites excluding steroid dienone is 1. The zero-order chi connectivity index (χ0) is 9.84. The van der Waals surface area contributed by atoms with Crippen molar-refractivity contribution < 1.29 is 4.79 Å². The first-order valence-electron chi connectivity index (χ1n) is 4.04. The van der Waals surface area contributed by atoms with E-state index < -0.39 is 0 Å². The maximum absolute atomic E-state index is 10.7. The van der Waals surface area contributed by atoms with Gasteiger partial charge in [-0.1, -0.05) is 29.3 Å². The highest BCUT2D eigenvalue weighted by Gasteiger charge is 1.96. The number of hydrogen-bond acceptors (Lipinski definition) is 1. The summed E-state index contributed by atoms with van der Waals surface area (Å²) in [6.07, 6.45) is 3.25. The van der Waals surface area contributed by atoms with Crippen molar-refractivity contribution in [3.63, 3.8) is 0 Å². The van der Waals surface area contributed by atoms with Crippen LogP contribution in [0.25, 0.3) is 6.08 Å². The molecule has 2 heteroatoms. The summed E-state index contributed by atoms with van der Waals surface area (Å²) in [5.41, 5.74) is 2.02. The number of hydrogen-bond donors (Lipinski definition) is 0. The lowest BCUT2D eigenvalue weighted by atomic mass is 10.1. The molecule has 1 aromatic rings. The summed E-state index contributed by atoms with van der Waals surface area (Å²) < 4.78 is 0. The first-order chi connectivity index (χ1) is 6.09. The molecular weight excluding hydrogens is 184 g/mol. The van der Waals surface area contributed by atoms with Gasteiger partial charge in [-0.25, -0.2) is 0 Å². The van der Waals surface area contributed by atoms with E-state index in [2.05, 4.69) is 0 Å². The number of halogens is 1. The second-order valence-corrected chi connectivity index (χ2v) is 3.38. The second kappa shape index (κ2) is 4.24. The summed E-state index contributed by atoms with van der Waals surface area (Å²) in [6.45, 7) is 3.50. The average molecular weight is 195 g/mol. The van der Waals surface area contributed by atoms with Crippen molar-refractivity contribution in [2.45, 2.75) is 13.8 Å². The first kappa shape index (κ1) is 10.0. The van der Waals surface area contributed by atoms with Crippen LogP contribution in [0, 0.1) is 6.92 Å². The largest absolute Gasteiger partial charge is 0.295 e. The van der Waals surface area contributed by atoms with E-state index in [9.17, 15) is 4.79 Å². The van der Waals surface area contributed by atoms with Gasteiger partial charge in [0, 0.05) is 5.02 Å². The van der Waals surface area contributed by atoms with Gasteiger partial charge in [0.2, 0.25) is 0 Å². The van der Waals surface area contributed by atoms with Gasteiger partial charge >= 0.3 is 0 Å². The van der Waals surface area contributed by atoms with Gasteiger partial charge in [0.25, 0.3) is 0 Å². The molecule has 0 bridgehead atoms. The lowest BCUT2D eigenvalue weighted by Crippen LogP contribution is -1.82. The van der Waals surface area contributed by atoms with Gasteiger partial charge in [-0.3, -0.25) is 4.79 Å². The van der Waals surface area contributed by atoms with E-state index in [1.807, 2.05) is 25.1 Å². The van der Waals surface area contributed by atoms with Gasteiger partial charge < -0.3 is 0 Å². The standard InChI is InChI=1S/C11H11ClO/c1-8-3-6-11(12)10(7-8)5-4-9(2)13/h3-7H,1-2H3/b5-4+. The molecule has 0 saturated heterocycles. The highest BCUT2D eigenvalue weighted by atomic mass is 35.5. The molecule has 0 saturated carbocycles. The smallest absolute Gasteiger partial charge is 0.152 e. The minimum atomic E-state index is 0.0255. The lowest BCUT2D eigenvalue weighted by Gasteiger charge is -1.98. The molecule has 0 N–H and O–H groups in total. The molecule has 0 aliphatic rings. The van der Waals surface area contributed by atoms with Crippen molar-refractivity contribution in [2.75, 3.05) is 0 Å². The minimum absolute atomic E-state index is 0.0255. The van der Waals surface area contributed by atoms with Crippen LogP contribution < -0.4 is 0 Å². The molecule has 1 rings (SSSR count). The molecule has 1 nitrogen and oxygen atoms in total. The molecule has 0 fully saturated rings.